The Labute approximate surface area is 102 Å². The molecule has 90 valence electrons. The summed E-state index contributed by atoms with van der Waals surface area (Å²) in [6.45, 7) is 4.85. The van der Waals surface area contributed by atoms with Gasteiger partial charge in [-0.15, -0.1) is 0 Å². The molecule has 17 heavy (non-hydrogen) atoms. The fourth-order valence-corrected chi connectivity index (χ4v) is 2.43. The van der Waals surface area contributed by atoms with Crippen molar-refractivity contribution in [3.8, 4) is 5.75 Å². The van der Waals surface area contributed by atoms with Crippen LogP contribution < -0.4 is 10.1 Å². The highest BCUT2D eigenvalue weighted by Crippen LogP contribution is 2.32. The Morgan fingerprint density at radius 3 is 3.18 bits per heavy atom. The first kappa shape index (κ1) is 10.7. The van der Waals surface area contributed by atoms with Gasteiger partial charge in [0.1, 0.15) is 12.4 Å². The second-order valence-electron chi connectivity index (χ2n) is 4.56. The van der Waals surface area contributed by atoms with Gasteiger partial charge in [0.15, 0.2) is 0 Å². The normalized spacial score (nSPS) is 19.3. The molecule has 1 aromatic rings. The summed E-state index contributed by atoms with van der Waals surface area (Å²) in [6, 6.07) is 6.37. The number of nitrogens with zero attached hydrogens (tertiary/aromatic N) is 1. The molecule has 0 radical (unpaired) electrons. The fourth-order valence-electron chi connectivity index (χ4n) is 2.43. The Bertz CT molecular complexity index is 428. The minimum Gasteiger partial charge on any atom is -0.489 e. The summed E-state index contributed by atoms with van der Waals surface area (Å²) in [4.78, 5) is 2.45. The topological polar surface area (TPSA) is 24.5 Å². The average Bonchev–Trinajstić information content (AvgIpc) is 2.40. The highest BCUT2D eigenvalue weighted by molar-refractivity contribution is 5.61. The van der Waals surface area contributed by atoms with Crippen molar-refractivity contribution in [2.45, 2.75) is 13.0 Å². The van der Waals surface area contributed by atoms with Gasteiger partial charge in [-0.05, 0) is 12.5 Å². The largest absolute Gasteiger partial charge is 0.489 e. The Morgan fingerprint density at radius 2 is 2.29 bits per heavy atom. The first-order valence-electron chi connectivity index (χ1n) is 6.29. The molecule has 3 heteroatoms. The molecule has 0 atom stereocenters. The van der Waals surface area contributed by atoms with Crippen LogP contribution >= 0.6 is 0 Å². The van der Waals surface area contributed by atoms with Crippen LogP contribution in [0.25, 0.3) is 0 Å². The van der Waals surface area contributed by atoms with Crippen molar-refractivity contribution in [3.05, 3.63) is 35.9 Å². The van der Waals surface area contributed by atoms with E-state index in [-0.39, 0.29) is 0 Å². The summed E-state index contributed by atoms with van der Waals surface area (Å²) < 4.78 is 5.79. The van der Waals surface area contributed by atoms with Gasteiger partial charge in [-0.3, -0.25) is 4.90 Å². The molecule has 1 aromatic carbocycles. The molecule has 0 fully saturated rings. The highest BCUT2D eigenvalue weighted by atomic mass is 16.5. The number of hydrogen-bond donors (Lipinski definition) is 1. The van der Waals surface area contributed by atoms with Crippen molar-refractivity contribution >= 4 is 5.69 Å². The van der Waals surface area contributed by atoms with Gasteiger partial charge in [-0.25, -0.2) is 0 Å². The molecule has 2 aliphatic rings. The lowest BCUT2D eigenvalue weighted by molar-refractivity contribution is 0.274. The Hall–Kier alpha value is -1.48. The standard InChI is InChI=1S/C14H18N2O/c1-2-8-16(9-3-1)11-12-5-4-6-13-14(12)17-10-7-15-13/h1-2,4-6,15H,3,7-11H2. The van der Waals surface area contributed by atoms with E-state index in [0.717, 1.165) is 50.6 Å². The second-order valence-corrected chi connectivity index (χ2v) is 4.56. The lowest BCUT2D eigenvalue weighted by atomic mass is 10.1. The molecule has 2 heterocycles. The van der Waals surface area contributed by atoms with Crippen LogP contribution in [-0.4, -0.2) is 31.1 Å². The van der Waals surface area contributed by atoms with E-state index in [9.17, 15) is 0 Å². The summed E-state index contributed by atoms with van der Waals surface area (Å²) in [5.74, 6) is 1.05. The van der Waals surface area contributed by atoms with E-state index in [1.54, 1.807) is 0 Å². The van der Waals surface area contributed by atoms with Crippen LogP contribution in [0.15, 0.2) is 30.4 Å². The molecule has 1 N–H and O–H groups in total. The summed E-state index contributed by atoms with van der Waals surface area (Å²) in [6.07, 6.45) is 5.67. The SMILES string of the molecule is C1=CCN(Cc2cccc3c2OCCN3)CC1. The predicted octanol–water partition coefficient (Wildman–Crippen LogP) is 2.25. The number of anilines is 1. The summed E-state index contributed by atoms with van der Waals surface area (Å²) in [5, 5.41) is 3.38. The monoisotopic (exact) mass is 230 g/mol. The molecular weight excluding hydrogens is 212 g/mol. The van der Waals surface area contributed by atoms with Gasteiger partial charge in [0.05, 0.1) is 5.69 Å². The van der Waals surface area contributed by atoms with Crippen molar-refractivity contribution in [3.63, 3.8) is 0 Å². The van der Waals surface area contributed by atoms with Gasteiger partial charge in [-0.2, -0.15) is 0 Å². The zero-order chi connectivity index (χ0) is 11.5. The maximum Gasteiger partial charge on any atom is 0.146 e. The van der Waals surface area contributed by atoms with E-state index >= 15 is 0 Å². The van der Waals surface area contributed by atoms with Gasteiger partial charge in [0, 0.05) is 31.7 Å². The predicted molar refractivity (Wildman–Crippen MR) is 69.5 cm³/mol. The van der Waals surface area contributed by atoms with Crippen molar-refractivity contribution in [2.24, 2.45) is 0 Å². The number of fused-ring (bicyclic) bond motifs is 1. The zero-order valence-electron chi connectivity index (χ0n) is 9.98. The van der Waals surface area contributed by atoms with Gasteiger partial charge in [0.2, 0.25) is 0 Å². The van der Waals surface area contributed by atoms with E-state index < -0.39 is 0 Å². The third-order valence-corrected chi connectivity index (χ3v) is 3.30. The third kappa shape index (κ3) is 2.29. The lowest BCUT2D eigenvalue weighted by Crippen LogP contribution is -2.27. The van der Waals surface area contributed by atoms with Crippen LogP contribution in [0, 0.1) is 0 Å². The first-order valence-corrected chi connectivity index (χ1v) is 6.29. The molecule has 2 aliphatic heterocycles. The molecule has 0 saturated carbocycles. The molecule has 3 rings (SSSR count). The zero-order valence-corrected chi connectivity index (χ0v) is 9.98. The Balaban J connectivity index is 1.80. The number of para-hydroxylation sites is 1. The average molecular weight is 230 g/mol. The van der Waals surface area contributed by atoms with Crippen LogP contribution in [0.5, 0.6) is 5.75 Å². The van der Waals surface area contributed by atoms with Crippen molar-refractivity contribution in [2.75, 3.05) is 31.6 Å². The fraction of sp³-hybridized carbons (Fsp3) is 0.429. The van der Waals surface area contributed by atoms with Gasteiger partial charge >= 0.3 is 0 Å². The Kier molecular flexibility index (Phi) is 3.01. The van der Waals surface area contributed by atoms with Crippen LogP contribution in [0.1, 0.15) is 12.0 Å². The molecular formula is C14H18N2O. The smallest absolute Gasteiger partial charge is 0.146 e. The molecule has 0 amide bonds. The van der Waals surface area contributed by atoms with Crippen LogP contribution in [-0.2, 0) is 6.54 Å². The third-order valence-electron chi connectivity index (χ3n) is 3.30. The number of nitrogens with one attached hydrogen (secondary N) is 1. The minimum atomic E-state index is 0.768. The van der Waals surface area contributed by atoms with E-state index in [0.29, 0.717) is 0 Å². The van der Waals surface area contributed by atoms with Crippen LogP contribution in [0.4, 0.5) is 5.69 Å². The molecule has 0 aliphatic carbocycles. The van der Waals surface area contributed by atoms with Gasteiger partial charge < -0.3 is 10.1 Å². The number of hydrogen-bond acceptors (Lipinski definition) is 3. The first-order chi connectivity index (χ1) is 8.43. The molecule has 3 nitrogen and oxygen atoms in total. The van der Waals surface area contributed by atoms with E-state index in [2.05, 4.69) is 40.6 Å². The number of benzene rings is 1. The maximum absolute atomic E-state index is 5.79. The van der Waals surface area contributed by atoms with E-state index in [1.165, 1.54) is 5.56 Å². The number of rotatable bonds is 2. The summed E-state index contributed by atoms with van der Waals surface area (Å²) >= 11 is 0. The molecule has 0 aromatic heterocycles. The summed E-state index contributed by atoms with van der Waals surface area (Å²) in [5.41, 5.74) is 2.44. The maximum atomic E-state index is 5.79. The molecule has 0 saturated heterocycles. The highest BCUT2D eigenvalue weighted by Gasteiger charge is 2.16. The van der Waals surface area contributed by atoms with Crippen molar-refractivity contribution in [1.29, 1.82) is 0 Å². The summed E-state index contributed by atoms with van der Waals surface area (Å²) in [7, 11) is 0. The van der Waals surface area contributed by atoms with Crippen LogP contribution in [0.2, 0.25) is 0 Å². The van der Waals surface area contributed by atoms with Crippen LogP contribution in [0.3, 0.4) is 0 Å². The number of ether oxygens (including phenoxy) is 1. The quantitative estimate of drug-likeness (QED) is 0.789. The molecule has 0 spiro atoms. The Morgan fingerprint density at radius 1 is 1.29 bits per heavy atom. The molecule has 0 bridgehead atoms. The minimum absolute atomic E-state index is 0.768. The van der Waals surface area contributed by atoms with E-state index in [4.69, 9.17) is 4.74 Å². The van der Waals surface area contributed by atoms with Gasteiger partial charge in [-0.1, -0.05) is 24.3 Å². The second kappa shape index (κ2) is 4.80. The molecule has 0 unspecified atom stereocenters. The van der Waals surface area contributed by atoms with Crippen molar-refractivity contribution in [1.82, 2.24) is 4.90 Å². The van der Waals surface area contributed by atoms with Crippen molar-refractivity contribution < 1.29 is 4.74 Å². The lowest BCUT2D eigenvalue weighted by Gasteiger charge is -2.26. The van der Waals surface area contributed by atoms with Gasteiger partial charge in [0.25, 0.3) is 0 Å². The van der Waals surface area contributed by atoms with E-state index in [1.807, 2.05) is 0 Å².